The summed E-state index contributed by atoms with van der Waals surface area (Å²) >= 11 is 0. The van der Waals surface area contributed by atoms with Crippen molar-refractivity contribution >= 4 is 15.7 Å². The molecule has 0 fully saturated rings. The van der Waals surface area contributed by atoms with Crippen LogP contribution in [0.15, 0.2) is 24.3 Å². The van der Waals surface area contributed by atoms with Crippen LogP contribution in [0.4, 0.5) is 5.69 Å². The molecule has 0 amide bonds. The molecule has 0 atom stereocenters. The molecule has 0 bridgehead atoms. The van der Waals surface area contributed by atoms with E-state index < -0.39 is 20.7 Å². The summed E-state index contributed by atoms with van der Waals surface area (Å²) in [4.78, 5) is 10.2. The van der Waals surface area contributed by atoms with Crippen LogP contribution in [0.3, 0.4) is 0 Å². The predicted octanol–water partition coefficient (Wildman–Crippen LogP) is 1.38. The smallest absolute Gasteiger partial charge is 0.258 e. The van der Waals surface area contributed by atoms with Gasteiger partial charge >= 0.3 is 0 Å². The van der Waals surface area contributed by atoms with Gasteiger partial charge in [0.05, 0.1) is 17.2 Å². The van der Waals surface area contributed by atoms with Crippen molar-refractivity contribution in [2.45, 2.75) is 12.7 Å². The highest BCUT2D eigenvalue weighted by atomic mass is 32.2. The molecule has 1 aromatic carbocycles. The quantitative estimate of drug-likeness (QED) is 0.448. The average molecular weight is 282 g/mol. The first-order valence-corrected chi connectivity index (χ1v) is 7.17. The Balaban J connectivity index is 3.09. The van der Waals surface area contributed by atoms with E-state index in [9.17, 15) is 18.5 Å². The van der Waals surface area contributed by atoms with Gasteiger partial charge < -0.3 is 0 Å². The number of terminal acetylenes is 1. The molecule has 102 valence electrons. The second-order valence-corrected chi connectivity index (χ2v) is 5.74. The minimum atomic E-state index is -3.66. The number of benzene rings is 1. The molecular formula is C12H14N2O4S. The number of sulfonamides is 1. The molecule has 0 aromatic heterocycles. The lowest BCUT2D eigenvalue weighted by molar-refractivity contribution is -0.385. The van der Waals surface area contributed by atoms with Gasteiger partial charge in [0.15, 0.2) is 0 Å². The third-order valence-electron chi connectivity index (χ3n) is 2.54. The van der Waals surface area contributed by atoms with E-state index in [0.717, 1.165) is 4.31 Å². The van der Waals surface area contributed by atoms with Crippen molar-refractivity contribution in [3.05, 3.63) is 39.9 Å². The molecule has 0 saturated heterocycles. The largest absolute Gasteiger partial charge is 0.273 e. The zero-order chi connectivity index (χ0) is 14.5. The van der Waals surface area contributed by atoms with Gasteiger partial charge in [-0.2, -0.15) is 4.31 Å². The van der Waals surface area contributed by atoms with Gasteiger partial charge in [0.2, 0.25) is 10.0 Å². The Morgan fingerprint density at radius 3 is 2.58 bits per heavy atom. The van der Waals surface area contributed by atoms with Gasteiger partial charge in [-0.15, -0.1) is 6.42 Å². The van der Waals surface area contributed by atoms with E-state index in [0.29, 0.717) is 0 Å². The second kappa shape index (κ2) is 6.31. The van der Waals surface area contributed by atoms with Crippen molar-refractivity contribution in [3.63, 3.8) is 0 Å². The van der Waals surface area contributed by atoms with Gasteiger partial charge in [0.25, 0.3) is 5.69 Å². The average Bonchev–Trinajstić information content (AvgIpc) is 2.35. The summed E-state index contributed by atoms with van der Waals surface area (Å²) in [5.74, 6) is 1.83. The second-order valence-electron chi connectivity index (χ2n) is 3.77. The highest BCUT2D eigenvalue weighted by Crippen LogP contribution is 2.21. The highest BCUT2D eigenvalue weighted by Gasteiger charge is 2.24. The minimum Gasteiger partial charge on any atom is -0.258 e. The number of para-hydroxylation sites is 1. The highest BCUT2D eigenvalue weighted by molar-refractivity contribution is 7.88. The Bertz CT molecular complexity index is 604. The Labute approximate surface area is 112 Å². The number of hydrogen-bond acceptors (Lipinski definition) is 4. The van der Waals surface area contributed by atoms with Crippen molar-refractivity contribution in [3.8, 4) is 12.3 Å². The molecule has 1 aromatic rings. The summed E-state index contributed by atoms with van der Waals surface area (Å²) in [5.41, 5.74) is -0.0502. The van der Waals surface area contributed by atoms with Crippen LogP contribution in [0.25, 0.3) is 0 Å². The fourth-order valence-electron chi connectivity index (χ4n) is 1.61. The minimum absolute atomic E-state index is 0.0422. The van der Waals surface area contributed by atoms with Crippen molar-refractivity contribution < 1.29 is 13.3 Å². The first kappa shape index (κ1) is 15.1. The third-order valence-corrected chi connectivity index (χ3v) is 4.39. The van der Waals surface area contributed by atoms with E-state index in [1.165, 1.54) is 18.2 Å². The standard InChI is InChI=1S/C12H14N2O4S/c1-3-9-13(4-2)19(17,18)10-11-7-5-6-8-12(11)14(15)16/h1,5-8H,4,9-10H2,2H3. The molecule has 0 aliphatic heterocycles. The predicted molar refractivity (Wildman–Crippen MR) is 71.8 cm³/mol. The van der Waals surface area contributed by atoms with E-state index in [4.69, 9.17) is 6.42 Å². The normalized spacial score (nSPS) is 11.2. The van der Waals surface area contributed by atoms with Crippen molar-refractivity contribution in [2.75, 3.05) is 13.1 Å². The van der Waals surface area contributed by atoms with Gasteiger partial charge in [-0.25, -0.2) is 8.42 Å². The fraction of sp³-hybridized carbons (Fsp3) is 0.333. The number of hydrogen-bond donors (Lipinski definition) is 0. The molecule has 0 aliphatic carbocycles. The zero-order valence-corrected chi connectivity index (χ0v) is 11.3. The first-order chi connectivity index (χ1) is 8.92. The van der Waals surface area contributed by atoms with Crippen molar-refractivity contribution in [2.24, 2.45) is 0 Å². The number of nitrogens with zero attached hydrogens (tertiary/aromatic N) is 2. The van der Waals surface area contributed by atoms with Crippen LogP contribution < -0.4 is 0 Å². The SMILES string of the molecule is C#CCN(CC)S(=O)(=O)Cc1ccccc1[N+](=O)[O-]. The van der Waals surface area contributed by atoms with Gasteiger partial charge in [0.1, 0.15) is 0 Å². The summed E-state index contributed by atoms with van der Waals surface area (Å²) in [6.45, 7) is 1.85. The summed E-state index contributed by atoms with van der Waals surface area (Å²) in [6, 6.07) is 5.77. The van der Waals surface area contributed by atoms with E-state index in [-0.39, 0.29) is 24.3 Å². The van der Waals surface area contributed by atoms with E-state index in [1.807, 2.05) is 0 Å². The Hall–Kier alpha value is -1.91. The van der Waals surface area contributed by atoms with E-state index in [2.05, 4.69) is 5.92 Å². The van der Waals surface area contributed by atoms with Gasteiger partial charge in [-0.05, 0) is 0 Å². The van der Waals surface area contributed by atoms with Gasteiger partial charge in [0, 0.05) is 18.2 Å². The number of nitro groups is 1. The summed E-state index contributed by atoms with van der Waals surface area (Å²) < 4.78 is 25.3. The molecule has 0 heterocycles. The molecule has 0 saturated carbocycles. The maximum atomic E-state index is 12.1. The zero-order valence-electron chi connectivity index (χ0n) is 10.4. The Kier molecular flexibility index (Phi) is 5.03. The first-order valence-electron chi connectivity index (χ1n) is 5.56. The maximum Gasteiger partial charge on any atom is 0.273 e. The molecule has 0 unspecified atom stereocenters. The topological polar surface area (TPSA) is 80.5 Å². The van der Waals surface area contributed by atoms with E-state index >= 15 is 0 Å². The lowest BCUT2D eigenvalue weighted by Crippen LogP contribution is -2.32. The van der Waals surface area contributed by atoms with Crippen LogP contribution in [-0.4, -0.2) is 30.7 Å². The lowest BCUT2D eigenvalue weighted by Gasteiger charge is -2.17. The molecule has 1 rings (SSSR count). The Morgan fingerprint density at radius 1 is 1.42 bits per heavy atom. The van der Waals surface area contributed by atoms with Crippen LogP contribution >= 0.6 is 0 Å². The fourth-order valence-corrected chi connectivity index (χ4v) is 3.09. The number of nitro benzene ring substituents is 1. The lowest BCUT2D eigenvalue weighted by atomic mass is 10.2. The molecule has 0 aliphatic rings. The molecule has 6 nitrogen and oxygen atoms in total. The maximum absolute atomic E-state index is 12.1. The summed E-state index contributed by atoms with van der Waals surface area (Å²) in [5, 5.41) is 10.8. The summed E-state index contributed by atoms with van der Waals surface area (Å²) in [7, 11) is -3.66. The van der Waals surface area contributed by atoms with Crippen LogP contribution in [0, 0.1) is 22.5 Å². The molecule has 7 heteroatoms. The molecular weight excluding hydrogens is 268 g/mol. The molecule has 0 N–H and O–H groups in total. The Morgan fingerprint density at radius 2 is 2.05 bits per heavy atom. The third kappa shape index (κ3) is 3.77. The van der Waals surface area contributed by atoms with Gasteiger partial charge in [-0.1, -0.05) is 31.0 Å². The molecule has 19 heavy (non-hydrogen) atoms. The molecule has 0 spiro atoms. The van der Waals surface area contributed by atoms with E-state index in [1.54, 1.807) is 13.0 Å². The summed E-state index contributed by atoms with van der Waals surface area (Å²) in [6.07, 6.45) is 5.11. The van der Waals surface area contributed by atoms with Crippen molar-refractivity contribution in [1.29, 1.82) is 0 Å². The van der Waals surface area contributed by atoms with Crippen molar-refractivity contribution in [1.82, 2.24) is 4.31 Å². The monoisotopic (exact) mass is 282 g/mol. The van der Waals surface area contributed by atoms with Crippen LogP contribution in [0.2, 0.25) is 0 Å². The van der Waals surface area contributed by atoms with Crippen LogP contribution in [0.5, 0.6) is 0 Å². The van der Waals surface area contributed by atoms with Crippen LogP contribution in [0.1, 0.15) is 12.5 Å². The number of rotatable bonds is 6. The van der Waals surface area contributed by atoms with Crippen LogP contribution in [-0.2, 0) is 15.8 Å². The molecule has 0 radical (unpaired) electrons. The van der Waals surface area contributed by atoms with Gasteiger partial charge in [-0.3, -0.25) is 10.1 Å².